The van der Waals surface area contributed by atoms with Crippen LogP contribution in [-0.4, -0.2) is 28.1 Å². The number of ketones is 1. The molecule has 0 amide bonds. The second-order valence-corrected chi connectivity index (χ2v) is 10.7. The zero-order valence-electron chi connectivity index (χ0n) is 17.6. The van der Waals surface area contributed by atoms with Gasteiger partial charge < -0.3 is 10.2 Å². The van der Waals surface area contributed by atoms with Gasteiger partial charge in [0.1, 0.15) is 0 Å². The molecule has 3 saturated carbocycles. The first-order chi connectivity index (χ1) is 13.2. The van der Waals surface area contributed by atoms with Gasteiger partial charge in [-0.2, -0.15) is 0 Å². The number of carbonyl (C=O) groups is 2. The molecule has 0 aromatic rings. The van der Waals surface area contributed by atoms with Crippen LogP contribution in [0.4, 0.5) is 0 Å². The Hall–Kier alpha value is -1.16. The molecular weight excluding hydrogens is 352 g/mol. The quantitative estimate of drug-likeness (QED) is 0.738. The molecule has 0 radical (unpaired) electrons. The average Bonchev–Trinajstić information content (AvgIpc) is 2.99. The number of rotatable bonds is 4. The molecule has 0 spiro atoms. The van der Waals surface area contributed by atoms with Crippen LogP contribution in [0.25, 0.3) is 0 Å². The van der Waals surface area contributed by atoms with Crippen molar-refractivity contribution in [1.29, 1.82) is 0 Å². The largest absolute Gasteiger partial charge is 0.481 e. The molecule has 3 fully saturated rings. The first kappa shape index (κ1) is 20.1. The van der Waals surface area contributed by atoms with Crippen LogP contribution in [0.1, 0.15) is 78.6 Å². The van der Waals surface area contributed by atoms with E-state index in [0.717, 1.165) is 24.8 Å². The third kappa shape index (κ3) is 2.98. The molecule has 4 nitrogen and oxygen atoms in total. The molecule has 4 rings (SSSR count). The van der Waals surface area contributed by atoms with Gasteiger partial charge in [-0.1, -0.05) is 20.8 Å². The van der Waals surface area contributed by atoms with Crippen LogP contribution in [0.5, 0.6) is 0 Å². The van der Waals surface area contributed by atoms with Gasteiger partial charge in [0.2, 0.25) is 0 Å². The van der Waals surface area contributed by atoms with Gasteiger partial charge in [0.05, 0.1) is 6.10 Å². The van der Waals surface area contributed by atoms with E-state index in [1.807, 2.05) is 0 Å². The minimum atomic E-state index is -0.690. The summed E-state index contributed by atoms with van der Waals surface area (Å²) >= 11 is 0. The molecule has 4 aliphatic carbocycles. The normalized spacial score (nSPS) is 46.2. The van der Waals surface area contributed by atoms with E-state index >= 15 is 0 Å². The Kier molecular flexibility index (Phi) is 5.01. The van der Waals surface area contributed by atoms with E-state index in [-0.39, 0.29) is 23.0 Å². The molecule has 4 aliphatic rings. The molecule has 0 aromatic heterocycles. The molecule has 0 aromatic carbocycles. The smallest absolute Gasteiger partial charge is 0.303 e. The zero-order valence-corrected chi connectivity index (χ0v) is 17.6. The van der Waals surface area contributed by atoms with Crippen LogP contribution >= 0.6 is 0 Å². The molecule has 0 aliphatic heterocycles. The summed E-state index contributed by atoms with van der Waals surface area (Å²) in [6, 6.07) is 0. The fourth-order valence-electron chi connectivity index (χ4n) is 8.13. The van der Waals surface area contributed by atoms with Crippen LogP contribution in [0.3, 0.4) is 0 Å². The predicted molar refractivity (Wildman–Crippen MR) is 108 cm³/mol. The molecular formula is C24H36O4. The number of fused-ring (bicyclic) bond motifs is 5. The maximum absolute atomic E-state index is 12.0. The monoisotopic (exact) mass is 388 g/mol. The minimum Gasteiger partial charge on any atom is -0.481 e. The minimum absolute atomic E-state index is 0.0232. The van der Waals surface area contributed by atoms with Gasteiger partial charge in [-0.05, 0) is 97.0 Å². The molecule has 28 heavy (non-hydrogen) atoms. The fraction of sp³-hybridized carbons (Fsp3) is 0.833. The van der Waals surface area contributed by atoms with Crippen molar-refractivity contribution < 1.29 is 19.8 Å². The molecule has 0 bridgehead atoms. The first-order valence-corrected chi connectivity index (χ1v) is 11.3. The van der Waals surface area contributed by atoms with Crippen molar-refractivity contribution in [2.75, 3.05) is 0 Å². The Morgan fingerprint density at radius 2 is 1.96 bits per heavy atom. The topological polar surface area (TPSA) is 74.6 Å². The lowest BCUT2D eigenvalue weighted by molar-refractivity contribution is -0.137. The lowest BCUT2D eigenvalue weighted by atomic mass is 9.46. The maximum Gasteiger partial charge on any atom is 0.303 e. The number of hydrogen-bond donors (Lipinski definition) is 2. The van der Waals surface area contributed by atoms with Crippen molar-refractivity contribution in [2.24, 2.45) is 40.4 Å². The molecule has 2 N–H and O–H groups in total. The summed E-state index contributed by atoms with van der Waals surface area (Å²) in [6.07, 6.45) is 9.42. The van der Waals surface area contributed by atoms with E-state index in [1.54, 1.807) is 6.08 Å². The van der Waals surface area contributed by atoms with Crippen LogP contribution in [0.2, 0.25) is 0 Å². The van der Waals surface area contributed by atoms with Gasteiger partial charge in [-0.25, -0.2) is 0 Å². The lowest BCUT2D eigenvalue weighted by Crippen LogP contribution is -2.54. The first-order valence-electron chi connectivity index (χ1n) is 11.3. The number of aliphatic hydroxyl groups is 1. The van der Waals surface area contributed by atoms with E-state index in [9.17, 15) is 14.7 Å². The van der Waals surface area contributed by atoms with Crippen molar-refractivity contribution in [3.8, 4) is 0 Å². The fourth-order valence-corrected chi connectivity index (χ4v) is 8.13. The van der Waals surface area contributed by atoms with E-state index in [1.165, 1.54) is 25.7 Å². The van der Waals surface area contributed by atoms with E-state index in [0.29, 0.717) is 36.0 Å². The second kappa shape index (κ2) is 6.97. The average molecular weight is 389 g/mol. The number of carboxylic acids is 1. The summed E-state index contributed by atoms with van der Waals surface area (Å²) in [6.45, 7) is 7.00. The third-order valence-corrected chi connectivity index (χ3v) is 9.55. The van der Waals surface area contributed by atoms with Gasteiger partial charge in [0, 0.05) is 12.8 Å². The van der Waals surface area contributed by atoms with Gasteiger partial charge in [-0.15, -0.1) is 0 Å². The van der Waals surface area contributed by atoms with Gasteiger partial charge >= 0.3 is 5.97 Å². The summed E-state index contributed by atoms with van der Waals surface area (Å²) in [7, 11) is 0. The van der Waals surface area contributed by atoms with Crippen molar-refractivity contribution in [1.82, 2.24) is 0 Å². The highest BCUT2D eigenvalue weighted by molar-refractivity contribution is 5.91. The molecule has 0 saturated heterocycles. The Morgan fingerprint density at radius 1 is 1.21 bits per heavy atom. The molecule has 4 heteroatoms. The Balaban J connectivity index is 1.58. The highest BCUT2D eigenvalue weighted by Gasteiger charge is 2.60. The van der Waals surface area contributed by atoms with Gasteiger partial charge in [0.15, 0.2) is 5.78 Å². The SMILES string of the molecule is C[C@H](CCC(=O)O)C1CC[C@H]2[C@@H]3CC(O)C4=CC(=O)CC[C@]4(C)[C@H]3CC[C@]12C. The number of carbonyl (C=O) groups excluding carboxylic acids is 1. The Morgan fingerprint density at radius 3 is 2.68 bits per heavy atom. The van der Waals surface area contributed by atoms with Crippen molar-refractivity contribution >= 4 is 11.8 Å². The zero-order chi connectivity index (χ0) is 20.3. The van der Waals surface area contributed by atoms with Crippen molar-refractivity contribution in [3.63, 3.8) is 0 Å². The second-order valence-electron chi connectivity index (χ2n) is 10.7. The molecule has 8 atom stereocenters. The highest BCUT2D eigenvalue weighted by Crippen LogP contribution is 2.67. The number of aliphatic carboxylic acids is 1. The lowest BCUT2D eigenvalue weighted by Gasteiger charge is -2.59. The molecule has 0 heterocycles. The van der Waals surface area contributed by atoms with E-state index < -0.39 is 12.1 Å². The Bertz CT molecular complexity index is 697. The van der Waals surface area contributed by atoms with Crippen molar-refractivity contribution in [3.05, 3.63) is 11.6 Å². The predicted octanol–water partition coefficient (Wildman–Crippen LogP) is 4.61. The molecule has 156 valence electrons. The van der Waals surface area contributed by atoms with E-state index in [2.05, 4.69) is 20.8 Å². The summed E-state index contributed by atoms with van der Waals surface area (Å²) in [5.41, 5.74) is 1.25. The van der Waals surface area contributed by atoms with Crippen LogP contribution < -0.4 is 0 Å². The third-order valence-electron chi connectivity index (χ3n) is 9.55. The molecule has 2 unspecified atom stereocenters. The summed E-state index contributed by atoms with van der Waals surface area (Å²) in [5, 5.41) is 20.1. The van der Waals surface area contributed by atoms with Crippen molar-refractivity contribution in [2.45, 2.75) is 84.7 Å². The Labute approximate surface area is 168 Å². The number of hydrogen-bond acceptors (Lipinski definition) is 3. The van der Waals surface area contributed by atoms with Gasteiger partial charge in [-0.3, -0.25) is 9.59 Å². The number of aliphatic hydroxyl groups excluding tert-OH is 1. The summed E-state index contributed by atoms with van der Waals surface area (Å²) in [5.74, 6) is 2.24. The summed E-state index contributed by atoms with van der Waals surface area (Å²) < 4.78 is 0. The highest BCUT2D eigenvalue weighted by atomic mass is 16.4. The van der Waals surface area contributed by atoms with Crippen LogP contribution in [-0.2, 0) is 9.59 Å². The maximum atomic E-state index is 12.0. The van der Waals surface area contributed by atoms with Gasteiger partial charge in [0.25, 0.3) is 0 Å². The van der Waals surface area contributed by atoms with E-state index in [4.69, 9.17) is 5.11 Å². The summed E-state index contributed by atoms with van der Waals surface area (Å²) in [4.78, 5) is 23.0. The number of carboxylic acid groups (broad SMARTS) is 1. The van der Waals surface area contributed by atoms with Crippen LogP contribution in [0.15, 0.2) is 11.6 Å². The standard InChI is InChI=1S/C24H36O4/c1-14(4-7-22(27)28)17-5-6-18-16-13-21(26)20-12-15(25)8-10-24(20,3)19(16)9-11-23(17,18)2/h12,14,16-19,21,26H,4-11,13H2,1-3H3,(H,27,28)/t14-,16+,17?,18+,19+,21?,23-,24-/m1/s1. The van der Waals surface area contributed by atoms with Crippen LogP contribution in [0, 0.1) is 40.4 Å².